The topological polar surface area (TPSA) is 51.1 Å². The quantitative estimate of drug-likeness (QED) is 0.848. The molecule has 0 radical (unpaired) electrons. The normalized spacial score (nSPS) is 15.1. The molecule has 1 atom stereocenters. The first-order valence-corrected chi connectivity index (χ1v) is 7.41. The predicted octanol–water partition coefficient (Wildman–Crippen LogP) is 4.23. The van der Waals surface area contributed by atoms with Crippen molar-refractivity contribution in [1.82, 2.24) is 0 Å². The number of hydrogen-bond donors (Lipinski definition) is 1. The first-order chi connectivity index (χ1) is 8.22. The molecular formula is C12H19ClNO3P. The summed E-state index contributed by atoms with van der Waals surface area (Å²) in [5, 5.41) is 0.432. The lowest BCUT2D eigenvalue weighted by molar-refractivity contribution is 0.300. The Kier molecular flexibility index (Phi) is 4.84. The lowest BCUT2D eigenvalue weighted by atomic mass is 9.87. The highest BCUT2D eigenvalue weighted by atomic mass is 35.5. The standard InChI is InChI=1S/C12H19ClNO3P/c1-12(2,3)9-6-7-11(10(13)8-9)17-18(15,14-4)16-5/h6-8,15H,1-5H3. The Morgan fingerprint density at radius 3 is 2.33 bits per heavy atom. The fourth-order valence-corrected chi connectivity index (χ4v) is 2.34. The molecule has 1 N–H and O–H groups in total. The van der Waals surface area contributed by atoms with Crippen LogP contribution in [-0.2, 0) is 9.94 Å². The molecule has 18 heavy (non-hydrogen) atoms. The minimum atomic E-state index is -3.20. The maximum absolute atomic E-state index is 9.88. The van der Waals surface area contributed by atoms with E-state index in [2.05, 4.69) is 25.5 Å². The van der Waals surface area contributed by atoms with Crippen LogP contribution in [0.4, 0.5) is 0 Å². The van der Waals surface area contributed by atoms with Gasteiger partial charge in [-0.3, -0.25) is 4.52 Å². The molecule has 0 aliphatic heterocycles. The zero-order chi connectivity index (χ0) is 14.0. The lowest BCUT2D eigenvalue weighted by Gasteiger charge is -2.21. The summed E-state index contributed by atoms with van der Waals surface area (Å²) in [6, 6.07) is 5.46. The molecule has 0 aliphatic rings. The van der Waals surface area contributed by atoms with Gasteiger partial charge < -0.3 is 9.42 Å². The van der Waals surface area contributed by atoms with Crippen molar-refractivity contribution in [3.8, 4) is 5.75 Å². The van der Waals surface area contributed by atoms with Crippen molar-refractivity contribution in [3.63, 3.8) is 0 Å². The van der Waals surface area contributed by atoms with Gasteiger partial charge >= 0.3 is 7.74 Å². The predicted molar refractivity (Wildman–Crippen MR) is 75.3 cm³/mol. The van der Waals surface area contributed by atoms with Crippen molar-refractivity contribution < 1.29 is 13.9 Å². The second kappa shape index (κ2) is 5.62. The van der Waals surface area contributed by atoms with E-state index in [-0.39, 0.29) is 5.41 Å². The lowest BCUT2D eigenvalue weighted by Crippen LogP contribution is -2.10. The zero-order valence-electron chi connectivity index (χ0n) is 11.3. The summed E-state index contributed by atoms with van der Waals surface area (Å²) >= 11 is 6.14. The summed E-state index contributed by atoms with van der Waals surface area (Å²) in [7, 11) is -0.411. The van der Waals surface area contributed by atoms with E-state index in [9.17, 15) is 4.89 Å². The van der Waals surface area contributed by atoms with E-state index in [0.29, 0.717) is 10.8 Å². The average Bonchev–Trinajstić information content (AvgIpc) is 2.30. The van der Waals surface area contributed by atoms with Crippen molar-refractivity contribution in [2.75, 3.05) is 14.2 Å². The molecule has 0 aliphatic carbocycles. The van der Waals surface area contributed by atoms with Crippen LogP contribution in [0.25, 0.3) is 0 Å². The van der Waals surface area contributed by atoms with Crippen molar-refractivity contribution in [1.29, 1.82) is 0 Å². The fraction of sp³-hybridized carbons (Fsp3) is 0.500. The number of hydrogen-bond acceptors (Lipinski definition) is 3. The summed E-state index contributed by atoms with van der Waals surface area (Å²) in [5.41, 5.74) is 1.09. The third-order valence-corrected chi connectivity index (χ3v) is 4.22. The van der Waals surface area contributed by atoms with E-state index in [1.807, 2.05) is 12.1 Å². The smallest absolute Gasteiger partial charge is 0.407 e. The van der Waals surface area contributed by atoms with Gasteiger partial charge in [-0.05, 0) is 23.1 Å². The Bertz CT molecular complexity index is 483. The minimum Gasteiger partial charge on any atom is -0.417 e. The number of rotatable bonds is 3. The highest BCUT2D eigenvalue weighted by Crippen LogP contribution is 2.48. The number of nitrogens with zero attached hydrogens (tertiary/aromatic N) is 1. The molecule has 0 saturated carbocycles. The summed E-state index contributed by atoms with van der Waals surface area (Å²) in [6.07, 6.45) is 0. The van der Waals surface area contributed by atoms with Crippen LogP contribution in [0.5, 0.6) is 5.75 Å². The molecule has 0 amide bonds. The van der Waals surface area contributed by atoms with Crippen LogP contribution in [-0.4, -0.2) is 19.1 Å². The highest BCUT2D eigenvalue weighted by Gasteiger charge is 2.20. The molecule has 1 unspecified atom stereocenters. The third-order valence-electron chi connectivity index (χ3n) is 2.51. The molecule has 1 rings (SSSR count). The summed E-state index contributed by atoms with van der Waals surface area (Å²) < 4.78 is 13.9. The van der Waals surface area contributed by atoms with E-state index in [1.165, 1.54) is 14.2 Å². The van der Waals surface area contributed by atoms with Crippen LogP contribution in [0.3, 0.4) is 0 Å². The third kappa shape index (κ3) is 3.72. The van der Waals surface area contributed by atoms with Crippen LogP contribution in [0.1, 0.15) is 26.3 Å². The van der Waals surface area contributed by atoms with E-state index < -0.39 is 7.74 Å². The van der Waals surface area contributed by atoms with E-state index >= 15 is 0 Å². The van der Waals surface area contributed by atoms with E-state index in [4.69, 9.17) is 20.6 Å². The molecule has 102 valence electrons. The van der Waals surface area contributed by atoms with Gasteiger partial charge in [0.1, 0.15) is 5.75 Å². The summed E-state index contributed by atoms with van der Waals surface area (Å²) in [4.78, 5) is 9.88. The monoisotopic (exact) mass is 291 g/mol. The van der Waals surface area contributed by atoms with Crippen molar-refractivity contribution >= 4 is 19.3 Å². The minimum absolute atomic E-state index is 0.00397. The fourth-order valence-electron chi connectivity index (χ4n) is 1.33. The largest absolute Gasteiger partial charge is 0.417 e. The Morgan fingerprint density at radius 2 is 1.94 bits per heavy atom. The molecule has 0 saturated heterocycles. The van der Waals surface area contributed by atoms with Crippen LogP contribution in [0, 0.1) is 0 Å². The second-order valence-corrected chi connectivity index (χ2v) is 7.20. The second-order valence-electron chi connectivity index (χ2n) is 4.86. The molecule has 1 aromatic rings. The van der Waals surface area contributed by atoms with E-state index in [1.54, 1.807) is 6.07 Å². The van der Waals surface area contributed by atoms with Crippen molar-refractivity contribution in [2.45, 2.75) is 26.2 Å². The number of halogens is 1. The Balaban J connectivity index is 3.08. The van der Waals surface area contributed by atoms with Gasteiger partial charge in [-0.1, -0.05) is 38.4 Å². The molecule has 0 spiro atoms. The van der Waals surface area contributed by atoms with Gasteiger partial charge in [0.05, 0.1) is 5.02 Å². The Hall–Kier alpha value is -0.540. The van der Waals surface area contributed by atoms with Crippen molar-refractivity contribution in [3.05, 3.63) is 28.8 Å². The average molecular weight is 292 g/mol. The van der Waals surface area contributed by atoms with Gasteiger partial charge in [0.25, 0.3) is 0 Å². The van der Waals surface area contributed by atoms with Gasteiger partial charge in [0.15, 0.2) is 0 Å². The Labute approximate surface area is 113 Å². The maximum Gasteiger partial charge on any atom is 0.407 e. The SMILES string of the molecule is CN=P(O)(OC)Oc1ccc(C(C)(C)C)cc1Cl. The maximum atomic E-state index is 9.88. The molecule has 4 nitrogen and oxygen atoms in total. The molecule has 6 heteroatoms. The number of benzene rings is 1. The van der Waals surface area contributed by atoms with Crippen molar-refractivity contribution in [2.24, 2.45) is 4.74 Å². The van der Waals surface area contributed by atoms with Gasteiger partial charge in [0.2, 0.25) is 0 Å². The van der Waals surface area contributed by atoms with Crippen LogP contribution >= 0.6 is 19.3 Å². The zero-order valence-corrected chi connectivity index (χ0v) is 12.9. The molecular weight excluding hydrogens is 273 g/mol. The molecule has 0 heterocycles. The molecule has 0 bridgehead atoms. The first kappa shape index (κ1) is 15.5. The molecule has 0 fully saturated rings. The summed E-state index contributed by atoms with van der Waals surface area (Å²) in [6.45, 7) is 6.29. The molecule has 1 aromatic carbocycles. The van der Waals surface area contributed by atoms with Gasteiger partial charge in [-0.2, -0.15) is 0 Å². The molecule has 0 aromatic heterocycles. The first-order valence-electron chi connectivity index (χ1n) is 5.50. The van der Waals surface area contributed by atoms with Crippen LogP contribution in [0.2, 0.25) is 5.02 Å². The van der Waals surface area contributed by atoms with Crippen LogP contribution in [0.15, 0.2) is 22.9 Å². The highest BCUT2D eigenvalue weighted by molar-refractivity contribution is 7.50. The Morgan fingerprint density at radius 1 is 1.33 bits per heavy atom. The van der Waals surface area contributed by atoms with Crippen LogP contribution < -0.4 is 4.52 Å². The summed E-state index contributed by atoms with van der Waals surface area (Å²) in [5.74, 6) is 0.368. The van der Waals surface area contributed by atoms with Gasteiger partial charge in [-0.15, -0.1) is 0 Å². The van der Waals surface area contributed by atoms with E-state index in [0.717, 1.165) is 5.56 Å². The van der Waals surface area contributed by atoms with Gasteiger partial charge in [0, 0.05) is 14.2 Å². The van der Waals surface area contributed by atoms with Gasteiger partial charge in [-0.25, -0.2) is 4.74 Å².